The zero-order valence-electron chi connectivity index (χ0n) is 23.3. The second-order valence-corrected chi connectivity index (χ2v) is 11.1. The lowest BCUT2D eigenvalue weighted by atomic mass is 10.0. The van der Waals surface area contributed by atoms with E-state index in [1.165, 1.54) is 6.08 Å². The van der Waals surface area contributed by atoms with E-state index >= 15 is 0 Å². The highest BCUT2D eigenvalue weighted by molar-refractivity contribution is 6.33. The van der Waals surface area contributed by atoms with Crippen LogP contribution in [0.2, 0.25) is 5.02 Å². The molecule has 2 fully saturated rings. The second-order valence-electron chi connectivity index (χ2n) is 10.7. The van der Waals surface area contributed by atoms with Crippen LogP contribution in [0.1, 0.15) is 45.2 Å². The Kier molecular flexibility index (Phi) is 7.67. The highest BCUT2D eigenvalue weighted by Crippen LogP contribution is 2.36. The zero-order chi connectivity index (χ0) is 27.8. The summed E-state index contributed by atoms with van der Waals surface area (Å²) in [6.07, 6.45) is 3.98. The van der Waals surface area contributed by atoms with E-state index in [2.05, 4.69) is 54.3 Å². The number of carbonyl (C=O) groups excluding carboxylic acids is 1. The molecule has 4 heterocycles. The Bertz CT molecular complexity index is 1460. The van der Waals surface area contributed by atoms with E-state index in [1.807, 2.05) is 19.1 Å². The summed E-state index contributed by atoms with van der Waals surface area (Å²) < 4.78 is 1.69. The maximum absolute atomic E-state index is 14.0. The minimum atomic E-state index is -0.361. The number of carbonyl (C=O) groups is 1. The molecule has 2 aliphatic rings. The van der Waals surface area contributed by atoms with Crippen LogP contribution >= 0.6 is 11.6 Å². The van der Waals surface area contributed by atoms with E-state index in [9.17, 15) is 9.59 Å². The van der Waals surface area contributed by atoms with E-state index in [0.29, 0.717) is 47.9 Å². The third-order valence-corrected chi connectivity index (χ3v) is 8.36. The van der Waals surface area contributed by atoms with Crippen LogP contribution in [0.15, 0.2) is 41.7 Å². The fourth-order valence-electron chi connectivity index (χ4n) is 5.97. The molecule has 8 nitrogen and oxygen atoms in total. The lowest BCUT2D eigenvalue weighted by Gasteiger charge is -2.40. The molecular weight excluding hydrogens is 512 g/mol. The summed E-state index contributed by atoms with van der Waals surface area (Å²) in [5.74, 6) is 1.73. The summed E-state index contributed by atoms with van der Waals surface area (Å²) in [5.41, 5.74) is 3.22. The highest BCUT2D eigenvalue weighted by Gasteiger charge is 2.31. The molecule has 0 spiro atoms. The minimum Gasteiger partial charge on any atom is -0.355 e. The van der Waals surface area contributed by atoms with Gasteiger partial charge < -0.3 is 14.7 Å². The molecule has 0 aliphatic carbocycles. The molecule has 1 unspecified atom stereocenters. The van der Waals surface area contributed by atoms with E-state index in [4.69, 9.17) is 16.6 Å². The summed E-state index contributed by atoms with van der Waals surface area (Å²) in [7, 11) is 0. The number of pyridine rings is 1. The zero-order valence-corrected chi connectivity index (χ0v) is 24.0. The topological polar surface area (TPSA) is 74.6 Å². The van der Waals surface area contributed by atoms with Crippen LogP contribution in [0.4, 0.5) is 11.6 Å². The van der Waals surface area contributed by atoms with Crippen LogP contribution in [0.5, 0.6) is 0 Å². The van der Waals surface area contributed by atoms with E-state index in [-0.39, 0.29) is 17.6 Å². The van der Waals surface area contributed by atoms with Gasteiger partial charge in [-0.05, 0) is 55.4 Å². The number of amides is 1. The first kappa shape index (κ1) is 27.2. The van der Waals surface area contributed by atoms with Gasteiger partial charge in [0.15, 0.2) is 5.65 Å². The molecule has 0 bridgehead atoms. The summed E-state index contributed by atoms with van der Waals surface area (Å²) in [5, 5.41) is 1.29. The van der Waals surface area contributed by atoms with Crippen LogP contribution in [0.3, 0.4) is 0 Å². The number of rotatable bonds is 6. The summed E-state index contributed by atoms with van der Waals surface area (Å²) in [6.45, 7) is 15.4. The molecular formula is C30H37ClN6O2. The maximum atomic E-state index is 14.0. The Morgan fingerprint density at radius 1 is 1.08 bits per heavy atom. The van der Waals surface area contributed by atoms with Crippen molar-refractivity contribution in [1.29, 1.82) is 0 Å². The Hall–Kier alpha value is -3.39. The molecule has 2 atom stereocenters. The van der Waals surface area contributed by atoms with Gasteiger partial charge in [-0.2, -0.15) is 4.98 Å². The van der Waals surface area contributed by atoms with Crippen molar-refractivity contribution in [2.75, 3.05) is 42.5 Å². The predicted molar refractivity (Wildman–Crippen MR) is 158 cm³/mol. The van der Waals surface area contributed by atoms with Crippen molar-refractivity contribution >= 4 is 40.2 Å². The lowest BCUT2D eigenvalue weighted by Crippen LogP contribution is -2.54. The van der Waals surface area contributed by atoms with Gasteiger partial charge in [-0.3, -0.25) is 4.79 Å². The lowest BCUT2D eigenvalue weighted by molar-refractivity contribution is -0.126. The summed E-state index contributed by atoms with van der Waals surface area (Å²) in [4.78, 5) is 42.1. The van der Waals surface area contributed by atoms with Gasteiger partial charge in [-0.15, -0.1) is 0 Å². The molecule has 2 aromatic heterocycles. The van der Waals surface area contributed by atoms with Gasteiger partial charge in [0.25, 0.3) is 0 Å². The van der Waals surface area contributed by atoms with Gasteiger partial charge in [-0.25, -0.2) is 14.3 Å². The highest BCUT2D eigenvalue weighted by atomic mass is 35.5. The number of aromatic nitrogens is 3. The third-order valence-electron chi connectivity index (χ3n) is 8.08. The molecule has 1 aromatic carbocycles. The van der Waals surface area contributed by atoms with Crippen molar-refractivity contribution in [3.63, 3.8) is 0 Å². The molecule has 2 aliphatic heterocycles. The van der Waals surface area contributed by atoms with Gasteiger partial charge in [-0.1, -0.05) is 57.2 Å². The van der Waals surface area contributed by atoms with E-state index < -0.39 is 0 Å². The molecule has 5 rings (SSSR count). The van der Waals surface area contributed by atoms with Gasteiger partial charge >= 0.3 is 5.69 Å². The monoisotopic (exact) mass is 548 g/mol. The van der Waals surface area contributed by atoms with Crippen molar-refractivity contribution in [2.24, 2.45) is 5.92 Å². The maximum Gasteiger partial charge on any atom is 0.355 e. The number of hydrogen-bond acceptors (Lipinski definition) is 6. The van der Waals surface area contributed by atoms with Crippen molar-refractivity contribution in [3.8, 4) is 5.69 Å². The van der Waals surface area contributed by atoms with E-state index in [0.717, 1.165) is 54.6 Å². The Morgan fingerprint density at radius 3 is 2.38 bits per heavy atom. The first-order valence-corrected chi connectivity index (χ1v) is 14.3. The van der Waals surface area contributed by atoms with Crippen LogP contribution in [-0.4, -0.2) is 64.1 Å². The molecule has 0 N–H and O–H groups in total. The number of anilines is 2. The van der Waals surface area contributed by atoms with Crippen LogP contribution < -0.4 is 15.5 Å². The Balaban J connectivity index is 1.75. The predicted octanol–water partition coefficient (Wildman–Crippen LogP) is 4.63. The quantitative estimate of drug-likeness (QED) is 0.418. The third kappa shape index (κ3) is 4.91. The number of nitrogens with zero attached hydrogens (tertiary/aromatic N) is 6. The van der Waals surface area contributed by atoms with Crippen molar-refractivity contribution < 1.29 is 4.79 Å². The first-order chi connectivity index (χ1) is 18.8. The molecule has 39 heavy (non-hydrogen) atoms. The number of fused-ring (bicyclic) bond motifs is 1. The molecule has 0 saturated carbocycles. The van der Waals surface area contributed by atoms with E-state index in [1.54, 1.807) is 9.47 Å². The fourth-order valence-corrected chi connectivity index (χ4v) is 6.24. The fraction of sp³-hybridized carbons (Fsp3) is 0.467. The average molecular weight is 549 g/mol. The molecule has 2 saturated heterocycles. The number of aryl methyl sites for hydroxylation is 2. The molecule has 3 aromatic rings. The van der Waals surface area contributed by atoms with Crippen LogP contribution in [-0.2, 0) is 17.6 Å². The largest absolute Gasteiger partial charge is 0.355 e. The molecule has 0 radical (unpaired) electrons. The average Bonchev–Trinajstić information content (AvgIpc) is 3.37. The second kappa shape index (κ2) is 11.0. The Labute approximate surface area is 234 Å². The van der Waals surface area contributed by atoms with Crippen LogP contribution in [0.25, 0.3) is 16.7 Å². The van der Waals surface area contributed by atoms with Gasteiger partial charge in [0.2, 0.25) is 5.91 Å². The Morgan fingerprint density at radius 2 is 1.79 bits per heavy atom. The van der Waals surface area contributed by atoms with Crippen LogP contribution in [0, 0.1) is 5.92 Å². The first-order valence-electron chi connectivity index (χ1n) is 13.9. The van der Waals surface area contributed by atoms with Crippen molar-refractivity contribution in [3.05, 3.63) is 63.6 Å². The van der Waals surface area contributed by atoms with Gasteiger partial charge in [0.1, 0.15) is 11.6 Å². The van der Waals surface area contributed by atoms with Crippen molar-refractivity contribution in [2.45, 2.75) is 53.0 Å². The molecule has 1 amide bonds. The smallest absolute Gasteiger partial charge is 0.355 e. The SMILES string of the molecule is C=CC(=O)N1CCN(c2nc(=O)n(-c3c(CC)cccc3CC)c3nc(N4CCC(C)C4)c(Cl)cc23)[C@@H](C)C1. The van der Waals surface area contributed by atoms with Crippen molar-refractivity contribution in [1.82, 2.24) is 19.4 Å². The number of halogens is 1. The normalized spacial score (nSPS) is 19.7. The summed E-state index contributed by atoms with van der Waals surface area (Å²) >= 11 is 6.92. The standard InChI is InChI=1S/C30H37ClN6O2/c1-6-21-10-9-11-22(7-2)26(21)37-28-23(16-24(31)29(32-28)35-13-12-19(4)17-35)27(33-30(37)39)36-15-14-34(18-20(36)5)25(38)8-3/h8-11,16,19-20H,3,6-7,12-15,17-18H2,1-2,4-5H3/t19?,20-/m0/s1. The number of para-hydroxylation sites is 1. The number of hydrogen-bond donors (Lipinski definition) is 0. The molecule has 9 heteroatoms. The molecule has 206 valence electrons. The van der Waals surface area contributed by atoms with Gasteiger partial charge in [0, 0.05) is 38.8 Å². The minimum absolute atomic E-state index is 0.0550. The van der Waals surface area contributed by atoms with Gasteiger partial charge in [0.05, 0.1) is 16.1 Å². The number of benzene rings is 1. The number of piperazine rings is 1. The summed E-state index contributed by atoms with van der Waals surface area (Å²) in [6, 6.07) is 8.05.